The van der Waals surface area contributed by atoms with E-state index in [0.717, 1.165) is 32.1 Å². The lowest BCUT2D eigenvalue weighted by molar-refractivity contribution is -0.244. The Hall–Kier alpha value is -1.61. The molecule has 2 bridgehead atoms. The number of hydrogen-bond acceptors (Lipinski definition) is 3. The zero-order valence-corrected chi connectivity index (χ0v) is 16.5. The Morgan fingerprint density at radius 1 is 1.19 bits per heavy atom. The molecule has 0 heterocycles. The Bertz CT molecular complexity index is 669. The predicted octanol–water partition coefficient (Wildman–Crippen LogP) is 4.93. The molecule has 0 amide bonds. The van der Waals surface area contributed by atoms with Gasteiger partial charge in [0.2, 0.25) is 0 Å². The quantitative estimate of drug-likeness (QED) is 0.581. The fourth-order valence-corrected chi connectivity index (χ4v) is 4.77. The monoisotopic (exact) mass is 356 g/mol. The molecule has 0 saturated heterocycles. The average Bonchev–Trinajstić information content (AvgIpc) is 2.60. The van der Waals surface area contributed by atoms with E-state index in [2.05, 4.69) is 32.9 Å². The van der Waals surface area contributed by atoms with Crippen LogP contribution in [0.15, 0.2) is 36.4 Å². The summed E-state index contributed by atoms with van der Waals surface area (Å²) in [5, 5.41) is 11.0. The van der Waals surface area contributed by atoms with Crippen LogP contribution in [-0.2, 0) is 11.2 Å². The lowest BCUT2D eigenvalue weighted by Gasteiger charge is -2.64. The van der Waals surface area contributed by atoms with Gasteiger partial charge in [-0.3, -0.25) is 0 Å². The first-order chi connectivity index (χ1) is 12.3. The summed E-state index contributed by atoms with van der Waals surface area (Å²) in [6, 6.07) is 7.61. The van der Waals surface area contributed by atoms with Gasteiger partial charge in [0, 0.05) is 0 Å². The third kappa shape index (κ3) is 3.46. The highest BCUT2D eigenvalue weighted by Gasteiger charge is 2.64. The molecule has 3 nitrogen and oxygen atoms in total. The molecule has 4 atom stereocenters. The molecule has 0 aliphatic heterocycles. The Balaban J connectivity index is 1.60. The summed E-state index contributed by atoms with van der Waals surface area (Å²) < 4.78 is 5.74. The van der Waals surface area contributed by atoms with Gasteiger partial charge in [-0.1, -0.05) is 51.5 Å². The first-order valence-electron chi connectivity index (χ1n) is 9.94. The van der Waals surface area contributed by atoms with Gasteiger partial charge >= 0.3 is 5.97 Å². The van der Waals surface area contributed by atoms with Crippen molar-refractivity contribution in [3.05, 3.63) is 47.5 Å². The van der Waals surface area contributed by atoms with Gasteiger partial charge in [0.1, 0.15) is 11.7 Å². The summed E-state index contributed by atoms with van der Waals surface area (Å²) in [7, 11) is 0. The maximum atomic E-state index is 12.5. The summed E-state index contributed by atoms with van der Waals surface area (Å²) in [5.74, 6) is 0.397. The summed E-state index contributed by atoms with van der Waals surface area (Å²) in [6.45, 7) is 8.43. The molecular formula is C23H32O3. The van der Waals surface area contributed by atoms with Crippen molar-refractivity contribution >= 4 is 5.97 Å². The van der Waals surface area contributed by atoms with Gasteiger partial charge in [0.25, 0.3) is 0 Å². The number of fused-ring (bicyclic) bond motifs is 2. The second kappa shape index (κ2) is 7.19. The summed E-state index contributed by atoms with van der Waals surface area (Å²) in [5.41, 5.74) is 0.930. The van der Waals surface area contributed by atoms with Gasteiger partial charge in [-0.2, -0.15) is 0 Å². The molecule has 1 N–H and O–H groups in total. The van der Waals surface area contributed by atoms with Crippen LogP contribution in [0.3, 0.4) is 0 Å². The van der Waals surface area contributed by atoms with E-state index in [4.69, 9.17) is 4.74 Å². The van der Waals surface area contributed by atoms with Crippen molar-refractivity contribution in [3.8, 4) is 0 Å². The third-order valence-electron chi connectivity index (χ3n) is 6.74. The minimum Gasteiger partial charge on any atom is -0.456 e. The molecule has 3 aliphatic rings. The zero-order valence-electron chi connectivity index (χ0n) is 16.5. The number of carbonyl (C=O) groups is 1. The van der Waals surface area contributed by atoms with E-state index in [0.29, 0.717) is 11.5 Å². The molecule has 3 saturated carbocycles. The minimum atomic E-state index is -0.947. The minimum absolute atomic E-state index is 0.138. The maximum Gasteiger partial charge on any atom is 0.338 e. The van der Waals surface area contributed by atoms with Crippen molar-refractivity contribution < 1.29 is 14.6 Å². The summed E-state index contributed by atoms with van der Waals surface area (Å²) in [6.07, 6.45) is 8.88. The Labute approximate surface area is 157 Å². The normalized spacial score (nSPS) is 32.3. The third-order valence-corrected chi connectivity index (χ3v) is 6.74. The number of aliphatic hydroxyl groups is 1. The van der Waals surface area contributed by atoms with Gasteiger partial charge in [0.15, 0.2) is 0 Å². The number of carbonyl (C=O) groups excluding carboxylic acids is 1. The van der Waals surface area contributed by atoms with Gasteiger partial charge in [-0.25, -0.2) is 4.79 Å². The molecule has 1 aromatic rings. The number of benzene rings is 1. The van der Waals surface area contributed by atoms with Crippen LogP contribution in [0.5, 0.6) is 0 Å². The smallest absolute Gasteiger partial charge is 0.338 e. The van der Waals surface area contributed by atoms with E-state index in [9.17, 15) is 9.90 Å². The fourth-order valence-electron chi connectivity index (χ4n) is 4.77. The first kappa shape index (κ1) is 19.2. The van der Waals surface area contributed by atoms with Crippen LogP contribution in [0, 0.1) is 17.3 Å². The largest absolute Gasteiger partial charge is 0.456 e. The van der Waals surface area contributed by atoms with Crippen LogP contribution in [0.25, 0.3) is 0 Å². The lowest BCUT2D eigenvalue weighted by Crippen LogP contribution is -2.67. The van der Waals surface area contributed by atoms with Crippen LogP contribution < -0.4 is 0 Å². The van der Waals surface area contributed by atoms with Crippen molar-refractivity contribution in [2.45, 2.75) is 71.5 Å². The van der Waals surface area contributed by atoms with Crippen LogP contribution in [-0.4, -0.2) is 22.8 Å². The maximum absolute atomic E-state index is 12.5. The van der Waals surface area contributed by atoms with Crippen LogP contribution >= 0.6 is 0 Å². The molecule has 26 heavy (non-hydrogen) atoms. The number of allylic oxidation sites excluding steroid dienone is 2. The predicted molar refractivity (Wildman–Crippen MR) is 104 cm³/mol. The Morgan fingerprint density at radius 2 is 1.88 bits per heavy atom. The first-order valence-corrected chi connectivity index (χ1v) is 9.94. The van der Waals surface area contributed by atoms with Gasteiger partial charge in [-0.05, 0) is 67.6 Å². The molecule has 0 unspecified atom stereocenters. The van der Waals surface area contributed by atoms with Crippen molar-refractivity contribution in [2.75, 3.05) is 0 Å². The number of esters is 1. The Morgan fingerprint density at radius 3 is 2.46 bits per heavy atom. The van der Waals surface area contributed by atoms with E-state index in [-0.39, 0.29) is 17.3 Å². The van der Waals surface area contributed by atoms with Crippen LogP contribution in [0.1, 0.15) is 69.3 Å². The number of hydrogen-bond donors (Lipinski definition) is 1. The van der Waals surface area contributed by atoms with Crippen LogP contribution in [0.2, 0.25) is 0 Å². The number of ether oxygens (including phenoxy) is 1. The van der Waals surface area contributed by atoms with E-state index in [1.165, 1.54) is 5.56 Å². The second-order valence-corrected chi connectivity index (χ2v) is 8.82. The van der Waals surface area contributed by atoms with Crippen molar-refractivity contribution in [2.24, 2.45) is 17.3 Å². The highest BCUT2D eigenvalue weighted by Crippen LogP contribution is 2.63. The lowest BCUT2D eigenvalue weighted by atomic mass is 9.43. The molecule has 142 valence electrons. The average molecular weight is 357 g/mol. The van der Waals surface area contributed by atoms with Crippen molar-refractivity contribution in [3.63, 3.8) is 0 Å². The Kier molecular flexibility index (Phi) is 5.30. The van der Waals surface area contributed by atoms with Crippen molar-refractivity contribution in [1.82, 2.24) is 0 Å². The summed E-state index contributed by atoms with van der Waals surface area (Å²) in [4.78, 5) is 12.5. The molecule has 3 fully saturated rings. The van der Waals surface area contributed by atoms with Gasteiger partial charge in [-0.15, -0.1) is 0 Å². The topological polar surface area (TPSA) is 46.5 Å². The highest BCUT2D eigenvalue weighted by atomic mass is 16.6. The standard InChI is InChI=1S/C23H32O3/c1-5-6-7-8-9-16-10-12-17(13-11-16)21(24)26-20-15-18-14-19(22(18,2)3)23(20,4)25/h7-8,10-13,18-20,25H,5-6,9,14-15H2,1-4H3/b8-7+/t18-,19-,20+,23-/m0/s1. The molecule has 3 aliphatic carbocycles. The highest BCUT2D eigenvalue weighted by molar-refractivity contribution is 5.89. The van der Waals surface area contributed by atoms with Gasteiger partial charge < -0.3 is 9.84 Å². The molecule has 0 radical (unpaired) electrons. The van der Waals surface area contributed by atoms with Gasteiger partial charge in [0.05, 0.1) is 5.56 Å². The zero-order chi connectivity index (χ0) is 18.9. The molecule has 3 heteroatoms. The van der Waals surface area contributed by atoms with E-state index < -0.39 is 11.7 Å². The van der Waals surface area contributed by atoms with E-state index in [1.54, 1.807) is 0 Å². The van der Waals surface area contributed by atoms with Crippen molar-refractivity contribution in [1.29, 1.82) is 0 Å². The van der Waals surface area contributed by atoms with E-state index in [1.807, 2.05) is 31.2 Å². The van der Waals surface area contributed by atoms with E-state index >= 15 is 0 Å². The molecule has 1 aromatic carbocycles. The number of rotatable bonds is 6. The molecule has 0 spiro atoms. The number of unbranched alkanes of at least 4 members (excludes halogenated alkanes) is 1. The fraction of sp³-hybridized carbons (Fsp3) is 0.609. The van der Waals surface area contributed by atoms with Crippen LogP contribution in [0.4, 0.5) is 0 Å². The molecule has 0 aromatic heterocycles. The second-order valence-electron chi connectivity index (χ2n) is 8.82. The summed E-state index contributed by atoms with van der Waals surface area (Å²) >= 11 is 0. The molecule has 4 rings (SSSR count). The SMILES string of the molecule is CCC/C=C/Cc1ccc(C(=O)O[C@@H]2C[C@@H]3C[C@@H](C3(C)C)[C@]2(C)O)cc1. The molecular weight excluding hydrogens is 324 g/mol.